The molecular formula is C12H15Cl2N3O2. The summed E-state index contributed by atoms with van der Waals surface area (Å²) in [5, 5.41) is 3.34. The minimum atomic E-state index is -0.305. The van der Waals surface area contributed by atoms with Gasteiger partial charge in [0.25, 0.3) is 5.91 Å². The second-order valence-electron chi connectivity index (χ2n) is 4.17. The van der Waals surface area contributed by atoms with Gasteiger partial charge in [0.05, 0.1) is 18.2 Å². The summed E-state index contributed by atoms with van der Waals surface area (Å²) >= 11 is 11.7. The largest absolute Gasteiger partial charge is 0.379 e. The van der Waals surface area contributed by atoms with Crippen LogP contribution in [-0.4, -0.2) is 55.2 Å². The van der Waals surface area contributed by atoms with E-state index in [4.69, 9.17) is 27.9 Å². The van der Waals surface area contributed by atoms with Gasteiger partial charge in [0.1, 0.15) is 10.8 Å². The van der Waals surface area contributed by atoms with E-state index in [1.54, 1.807) is 12.1 Å². The molecule has 2 heterocycles. The average molecular weight is 304 g/mol. The van der Waals surface area contributed by atoms with E-state index < -0.39 is 0 Å². The molecule has 0 saturated carbocycles. The lowest BCUT2D eigenvalue weighted by Gasteiger charge is -2.26. The van der Waals surface area contributed by atoms with Gasteiger partial charge in [-0.15, -0.1) is 0 Å². The molecular weight excluding hydrogens is 289 g/mol. The van der Waals surface area contributed by atoms with E-state index in [1.165, 1.54) is 0 Å². The molecule has 0 bridgehead atoms. The predicted molar refractivity (Wildman–Crippen MR) is 73.8 cm³/mol. The minimum Gasteiger partial charge on any atom is -0.379 e. The quantitative estimate of drug-likeness (QED) is 0.856. The van der Waals surface area contributed by atoms with Gasteiger partial charge in [-0.2, -0.15) is 0 Å². The number of pyridine rings is 1. The third kappa shape index (κ3) is 4.31. The van der Waals surface area contributed by atoms with Crippen molar-refractivity contribution in [3.8, 4) is 0 Å². The summed E-state index contributed by atoms with van der Waals surface area (Å²) in [4.78, 5) is 18.1. The SMILES string of the molecule is O=C(NCCN1CCOCC1)c1nc(Cl)ccc1Cl. The van der Waals surface area contributed by atoms with E-state index in [-0.39, 0.29) is 16.8 Å². The van der Waals surface area contributed by atoms with Crippen LogP contribution in [0.1, 0.15) is 10.5 Å². The van der Waals surface area contributed by atoms with E-state index in [1.807, 2.05) is 0 Å². The number of morpholine rings is 1. The number of nitrogens with zero attached hydrogens (tertiary/aromatic N) is 2. The molecule has 0 radical (unpaired) electrons. The molecule has 0 unspecified atom stereocenters. The van der Waals surface area contributed by atoms with Gasteiger partial charge in [-0.25, -0.2) is 4.98 Å². The van der Waals surface area contributed by atoms with Crippen LogP contribution in [-0.2, 0) is 4.74 Å². The Kier molecular flexibility index (Phi) is 5.39. The number of nitrogens with one attached hydrogen (secondary N) is 1. The zero-order chi connectivity index (χ0) is 13.7. The first-order valence-electron chi connectivity index (χ1n) is 6.07. The van der Waals surface area contributed by atoms with Crippen LogP contribution in [0.3, 0.4) is 0 Å². The summed E-state index contributed by atoms with van der Waals surface area (Å²) in [6.07, 6.45) is 0. The summed E-state index contributed by atoms with van der Waals surface area (Å²) in [7, 11) is 0. The van der Waals surface area contributed by atoms with Crippen molar-refractivity contribution in [2.45, 2.75) is 0 Å². The summed E-state index contributed by atoms with van der Waals surface area (Å²) in [6, 6.07) is 3.11. The minimum absolute atomic E-state index is 0.163. The molecule has 1 aromatic heterocycles. The fraction of sp³-hybridized carbons (Fsp3) is 0.500. The fourth-order valence-corrected chi connectivity index (χ4v) is 2.15. The van der Waals surface area contributed by atoms with E-state index in [0.717, 1.165) is 32.8 Å². The van der Waals surface area contributed by atoms with Crippen LogP contribution in [0.15, 0.2) is 12.1 Å². The Morgan fingerprint density at radius 3 is 2.84 bits per heavy atom. The smallest absolute Gasteiger partial charge is 0.271 e. The van der Waals surface area contributed by atoms with E-state index in [2.05, 4.69) is 15.2 Å². The Balaban J connectivity index is 1.82. The summed E-state index contributed by atoms with van der Waals surface area (Å²) in [6.45, 7) is 4.61. The number of aromatic nitrogens is 1. The number of amides is 1. The third-order valence-corrected chi connectivity index (χ3v) is 3.36. The highest BCUT2D eigenvalue weighted by molar-refractivity contribution is 6.34. The van der Waals surface area contributed by atoms with Crippen molar-refractivity contribution in [3.63, 3.8) is 0 Å². The molecule has 19 heavy (non-hydrogen) atoms. The maximum atomic E-state index is 11.9. The van der Waals surface area contributed by atoms with Gasteiger partial charge in [0.15, 0.2) is 0 Å². The number of carbonyl (C=O) groups is 1. The molecule has 0 aliphatic carbocycles. The Hall–Kier alpha value is -0.880. The Morgan fingerprint density at radius 1 is 1.37 bits per heavy atom. The number of halogens is 2. The number of hydrogen-bond donors (Lipinski definition) is 1. The zero-order valence-electron chi connectivity index (χ0n) is 10.4. The monoisotopic (exact) mass is 303 g/mol. The first-order valence-corrected chi connectivity index (χ1v) is 6.83. The van der Waals surface area contributed by atoms with Gasteiger partial charge in [-0.1, -0.05) is 23.2 Å². The standard InChI is InChI=1S/C12H15Cl2N3O2/c13-9-1-2-10(14)16-11(9)12(18)15-3-4-17-5-7-19-8-6-17/h1-2H,3-8H2,(H,15,18). The van der Waals surface area contributed by atoms with Crippen molar-refractivity contribution in [2.75, 3.05) is 39.4 Å². The van der Waals surface area contributed by atoms with Crippen LogP contribution in [0.25, 0.3) is 0 Å². The molecule has 7 heteroatoms. The van der Waals surface area contributed by atoms with Crippen LogP contribution in [0.4, 0.5) is 0 Å². The van der Waals surface area contributed by atoms with E-state index in [9.17, 15) is 4.79 Å². The normalized spacial score (nSPS) is 16.3. The summed E-state index contributed by atoms with van der Waals surface area (Å²) < 4.78 is 5.25. The molecule has 1 fully saturated rings. The molecule has 1 amide bonds. The molecule has 5 nitrogen and oxygen atoms in total. The van der Waals surface area contributed by atoms with Gasteiger partial charge in [0, 0.05) is 26.2 Å². The first-order chi connectivity index (χ1) is 9.16. The molecule has 104 valence electrons. The van der Waals surface area contributed by atoms with Crippen molar-refractivity contribution in [1.82, 2.24) is 15.2 Å². The Morgan fingerprint density at radius 2 is 2.11 bits per heavy atom. The Bertz CT molecular complexity index is 451. The summed E-state index contributed by atoms with van der Waals surface area (Å²) in [5.74, 6) is -0.305. The highest BCUT2D eigenvalue weighted by Crippen LogP contribution is 2.16. The van der Waals surface area contributed by atoms with Crippen molar-refractivity contribution in [3.05, 3.63) is 28.0 Å². The summed E-state index contributed by atoms with van der Waals surface area (Å²) in [5.41, 5.74) is 0.163. The van der Waals surface area contributed by atoms with Crippen LogP contribution in [0.2, 0.25) is 10.2 Å². The van der Waals surface area contributed by atoms with Gasteiger partial charge >= 0.3 is 0 Å². The number of ether oxygens (including phenoxy) is 1. The molecule has 2 rings (SSSR count). The molecule has 1 aliphatic heterocycles. The first kappa shape index (κ1) is 14.5. The lowest BCUT2D eigenvalue weighted by atomic mass is 10.3. The fourth-order valence-electron chi connectivity index (χ4n) is 1.81. The molecule has 0 aromatic carbocycles. The predicted octanol–water partition coefficient (Wildman–Crippen LogP) is 1.45. The zero-order valence-corrected chi connectivity index (χ0v) is 11.9. The van der Waals surface area contributed by atoms with Crippen molar-refractivity contribution >= 4 is 29.1 Å². The second-order valence-corrected chi connectivity index (χ2v) is 4.97. The second kappa shape index (κ2) is 7.05. The molecule has 1 saturated heterocycles. The lowest BCUT2D eigenvalue weighted by molar-refractivity contribution is 0.0383. The molecule has 1 aliphatic rings. The molecule has 1 aromatic rings. The van der Waals surface area contributed by atoms with E-state index in [0.29, 0.717) is 11.6 Å². The number of rotatable bonds is 4. The topological polar surface area (TPSA) is 54.5 Å². The van der Waals surface area contributed by atoms with Gasteiger partial charge in [-0.05, 0) is 12.1 Å². The van der Waals surface area contributed by atoms with Gasteiger partial charge < -0.3 is 10.1 Å². The van der Waals surface area contributed by atoms with Crippen molar-refractivity contribution in [1.29, 1.82) is 0 Å². The maximum absolute atomic E-state index is 11.9. The molecule has 1 N–H and O–H groups in total. The molecule has 0 spiro atoms. The highest BCUT2D eigenvalue weighted by Gasteiger charge is 2.14. The maximum Gasteiger partial charge on any atom is 0.271 e. The molecule has 0 atom stereocenters. The van der Waals surface area contributed by atoms with Gasteiger partial charge in [-0.3, -0.25) is 9.69 Å². The van der Waals surface area contributed by atoms with Crippen LogP contribution < -0.4 is 5.32 Å². The number of carbonyl (C=O) groups excluding carboxylic acids is 1. The van der Waals surface area contributed by atoms with Crippen LogP contribution in [0.5, 0.6) is 0 Å². The van der Waals surface area contributed by atoms with Gasteiger partial charge in [0.2, 0.25) is 0 Å². The Labute approximate surface area is 121 Å². The van der Waals surface area contributed by atoms with Crippen molar-refractivity contribution < 1.29 is 9.53 Å². The van der Waals surface area contributed by atoms with Crippen LogP contribution >= 0.6 is 23.2 Å². The average Bonchev–Trinajstić information content (AvgIpc) is 2.42. The van der Waals surface area contributed by atoms with E-state index >= 15 is 0 Å². The highest BCUT2D eigenvalue weighted by atomic mass is 35.5. The van der Waals surface area contributed by atoms with Crippen molar-refractivity contribution in [2.24, 2.45) is 0 Å². The number of hydrogen-bond acceptors (Lipinski definition) is 4. The van der Waals surface area contributed by atoms with Crippen LogP contribution in [0, 0.1) is 0 Å². The third-order valence-electron chi connectivity index (χ3n) is 2.84. The lowest BCUT2D eigenvalue weighted by Crippen LogP contribution is -2.41.